The van der Waals surface area contributed by atoms with Gasteiger partial charge in [0.15, 0.2) is 5.78 Å². The molecule has 7 nitrogen and oxygen atoms in total. The van der Waals surface area contributed by atoms with Crippen molar-refractivity contribution < 1.29 is 35.9 Å². The number of ether oxygens (including phenoxy) is 1. The minimum Gasteiger partial charge on any atom is -0.445 e. The van der Waals surface area contributed by atoms with Gasteiger partial charge in [-0.2, -0.15) is 21.6 Å². The Hall–Kier alpha value is -3.34. The number of rotatable bonds is 6. The van der Waals surface area contributed by atoms with Gasteiger partial charge in [-0.15, -0.1) is 0 Å². The van der Waals surface area contributed by atoms with E-state index in [2.05, 4.69) is 0 Å². The number of fused-ring (bicyclic) bond motifs is 3. The molecular weight excluding hydrogens is 509 g/mol. The van der Waals surface area contributed by atoms with Gasteiger partial charge in [-0.25, -0.2) is 4.79 Å². The van der Waals surface area contributed by atoms with Gasteiger partial charge in [0.25, 0.3) is 0 Å². The second-order valence-electron chi connectivity index (χ2n) is 9.51. The van der Waals surface area contributed by atoms with Crippen LogP contribution in [0.5, 0.6) is 0 Å². The number of carbonyl (C=O) groups excluding carboxylic acids is 2. The Morgan fingerprint density at radius 2 is 1.68 bits per heavy atom. The van der Waals surface area contributed by atoms with Crippen molar-refractivity contribution >= 4 is 27.6 Å². The summed E-state index contributed by atoms with van der Waals surface area (Å²) in [6, 6.07) is 13.4. The van der Waals surface area contributed by atoms with Gasteiger partial charge in [-0.3, -0.25) is 9.10 Å². The van der Waals surface area contributed by atoms with Crippen LogP contribution in [0.25, 0.3) is 0 Å². The van der Waals surface area contributed by atoms with Gasteiger partial charge in [-0.1, -0.05) is 59.7 Å². The molecule has 0 fully saturated rings. The van der Waals surface area contributed by atoms with Crippen LogP contribution in [0.2, 0.25) is 0 Å². The first-order valence-corrected chi connectivity index (χ1v) is 13.0. The number of anilines is 1. The molecule has 2 aromatic rings. The van der Waals surface area contributed by atoms with Gasteiger partial charge >= 0.3 is 21.6 Å². The Labute approximate surface area is 213 Å². The lowest BCUT2D eigenvalue weighted by Gasteiger charge is -2.42. The van der Waals surface area contributed by atoms with E-state index in [0.717, 1.165) is 21.6 Å². The zero-order valence-electron chi connectivity index (χ0n) is 20.6. The average Bonchev–Trinajstić information content (AvgIpc) is 3.13. The quantitative estimate of drug-likeness (QED) is 0.489. The van der Waals surface area contributed by atoms with Crippen molar-refractivity contribution in [3.05, 3.63) is 76.9 Å². The van der Waals surface area contributed by atoms with E-state index in [4.69, 9.17) is 4.74 Å². The predicted octanol–water partition coefficient (Wildman–Crippen LogP) is 4.93. The highest BCUT2D eigenvalue weighted by atomic mass is 32.2. The lowest BCUT2D eigenvalue weighted by atomic mass is 9.64. The van der Waals surface area contributed by atoms with Crippen LogP contribution < -0.4 is 4.31 Å². The fraction of sp³-hybridized carbons (Fsp3) is 0.385. The summed E-state index contributed by atoms with van der Waals surface area (Å²) < 4.78 is 72.5. The molecule has 1 amide bonds. The molecule has 0 aromatic heterocycles. The van der Waals surface area contributed by atoms with E-state index in [-0.39, 0.29) is 30.7 Å². The van der Waals surface area contributed by atoms with Crippen molar-refractivity contribution in [2.45, 2.75) is 50.3 Å². The number of likely N-dealkylation sites (N-methyl/N-ethyl adjacent to an activating group) is 1. The molecule has 2 atom stereocenters. The van der Waals surface area contributed by atoms with Crippen LogP contribution in [-0.2, 0) is 31.6 Å². The van der Waals surface area contributed by atoms with Gasteiger partial charge in [0.05, 0.1) is 23.7 Å². The molecule has 2 aromatic carbocycles. The van der Waals surface area contributed by atoms with Gasteiger partial charge < -0.3 is 9.64 Å². The van der Waals surface area contributed by atoms with E-state index < -0.39 is 45.4 Å². The van der Waals surface area contributed by atoms with E-state index in [1.165, 1.54) is 25.2 Å². The van der Waals surface area contributed by atoms with Crippen LogP contribution >= 0.6 is 0 Å². The molecule has 2 aliphatic rings. The molecule has 0 saturated carbocycles. The van der Waals surface area contributed by atoms with Crippen LogP contribution in [-0.4, -0.2) is 50.3 Å². The maximum Gasteiger partial charge on any atom is 0.516 e. The highest BCUT2D eigenvalue weighted by Gasteiger charge is 2.64. The molecule has 0 N–H and O–H groups in total. The Bertz CT molecular complexity index is 1360. The van der Waals surface area contributed by atoms with E-state index in [9.17, 15) is 31.2 Å². The van der Waals surface area contributed by atoms with Crippen molar-refractivity contribution in [1.82, 2.24) is 4.90 Å². The SMILES string of the molecule is CC1=C(C)C[C@]2(C(=O)CN(C)C(=O)OCc3ccccc3)c3ccccc3N(S(=O)(=O)C(F)(F)F)[C@@H]2C1. The van der Waals surface area contributed by atoms with Crippen LogP contribution in [0.1, 0.15) is 37.8 Å². The normalized spacial score (nSPS) is 21.4. The van der Waals surface area contributed by atoms with Crippen LogP contribution in [0.4, 0.5) is 23.7 Å². The van der Waals surface area contributed by atoms with E-state index in [0.29, 0.717) is 4.31 Å². The molecule has 1 heterocycles. The van der Waals surface area contributed by atoms with Gasteiger partial charge in [-0.05, 0) is 43.9 Å². The Balaban J connectivity index is 1.70. The number of hydrogen-bond donors (Lipinski definition) is 0. The number of allylic oxidation sites excluding steroid dienone is 1. The maximum absolute atomic E-state index is 14.0. The summed E-state index contributed by atoms with van der Waals surface area (Å²) in [5.74, 6) is -0.559. The summed E-state index contributed by atoms with van der Waals surface area (Å²) in [6.45, 7) is 3.01. The van der Waals surface area contributed by atoms with Crippen molar-refractivity contribution in [2.24, 2.45) is 0 Å². The molecule has 198 valence electrons. The topological polar surface area (TPSA) is 84.0 Å². The van der Waals surface area contributed by atoms with Crippen molar-refractivity contribution in [2.75, 3.05) is 17.9 Å². The number of hydrogen-bond acceptors (Lipinski definition) is 5. The summed E-state index contributed by atoms with van der Waals surface area (Å²) in [7, 11) is -4.44. The Morgan fingerprint density at radius 3 is 2.32 bits per heavy atom. The van der Waals surface area contributed by atoms with Gasteiger partial charge in [0, 0.05) is 7.05 Å². The van der Waals surface area contributed by atoms with Crippen LogP contribution in [0.15, 0.2) is 65.7 Å². The van der Waals surface area contributed by atoms with Gasteiger partial charge in [0.2, 0.25) is 0 Å². The molecule has 1 aliphatic carbocycles. The first kappa shape index (κ1) is 26.7. The molecule has 0 bridgehead atoms. The number of para-hydroxylation sites is 1. The number of ketones is 1. The Morgan fingerprint density at radius 1 is 1.05 bits per heavy atom. The van der Waals surface area contributed by atoms with Gasteiger partial charge in [0.1, 0.15) is 6.61 Å². The average molecular weight is 537 g/mol. The number of halogens is 3. The van der Waals surface area contributed by atoms with E-state index >= 15 is 0 Å². The molecule has 0 unspecified atom stereocenters. The smallest absolute Gasteiger partial charge is 0.445 e. The third-order valence-electron chi connectivity index (χ3n) is 7.19. The third kappa shape index (κ3) is 4.49. The fourth-order valence-electron chi connectivity index (χ4n) is 5.19. The number of alkyl halides is 3. The molecule has 11 heteroatoms. The number of nitrogens with zero attached hydrogens (tertiary/aromatic N) is 2. The second-order valence-corrected chi connectivity index (χ2v) is 11.3. The van der Waals surface area contributed by atoms with Crippen LogP contribution in [0.3, 0.4) is 0 Å². The number of carbonyl (C=O) groups is 2. The fourth-order valence-corrected chi connectivity index (χ4v) is 6.42. The minimum absolute atomic E-state index is 0.0204. The molecule has 0 radical (unpaired) electrons. The number of sulfonamides is 1. The summed E-state index contributed by atoms with van der Waals surface area (Å²) in [6.07, 6.45) is -0.796. The maximum atomic E-state index is 14.0. The van der Waals surface area contributed by atoms with Crippen molar-refractivity contribution in [3.63, 3.8) is 0 Å². The Kier molecular flexibility index (Phi) is 6.87. The molecule has 4 rings (SSSR count). The molecule has 37 heavy (non-hydrogen) atoms. The van der Waals surface area contributed by atoms with Crippen molar-refractivity contribution in [3.8, 4) is 0 Å². The summed E-state index contributed by atoms with van der Waals surface area (Å²) in [5.41, 5.74) is -4.85. The van der Waals surface area contributed by atoms with E-state index in [1.807, 2.05) is 6.07 Å². The summed E-state index contributed by atoms with van der Waals surface area (Å²) in [4.78, 5) is 27.6. The summed E-state index contributed by atoms with van der Waals surface area (Å²) in [5, 5.41) is 0. The van der Waals surface area contributed by atoms with Crippen LogP contribution in [0, 0.1) is 0 Å². The highest BCUT2D eigenvalue weighted by molar-refractivity contribution is 7.93. The zero-order valence-corrected chi connectivity index (χ0v) is 21.4. The monoisotopic (exact) mass is 536 g/mol. The molecule has 1 aliphatic heterocycles. The lowest BCUT2D eigenvalue weighted by molar-refractivity contribution is -0.126. The van der Waals surface area contributed by atoms with E-state index in [1.54, 1.807) is 44.2 Å². The third-order valence-corrected chi connectivity index (χ3v) is 8.75. The second kappa shape index (κ2) is 9.51. The zero-order chi connectivity index (χ0) is 27.2. The molecule has 0 saturated heterocycles. The lowest BCUT2D eigenvalue weighted by Crippen LogP contribution is -2.57. The first-order valence-electron chi connectivity index (χ1n) is 11.6. The predicted molar refractivity (Wildman–Crippen MR) is 131 cm³/mol. The molecule has 0 spiro atoms. The number of Topliss-reactive ketones (excluding diaryl/α,β-unsaturated/α-hetero) is 1. The standard InChI is InChI=1S/C26H27F3N2O5S/c1-17-13-22-25(14-18(17)2,20-11-7-8-12-21(20)31(22)37(34,35)26(27,28)29)23(32)15-30(3)24(33)36-16-19-9-5-4-6-10-19/h4-12,22H,13-16H2,1-3H3/t22-,25+/m1/s1. The minimum atomic E-state index is -5.80. The number of amides is 1. The highest BCUT2D eigenvalue weighted by Crippen LogP contribution is 2.56. The molecular formula is C26H27F3N2O5S. The first-order chi connectivity index (χ1) is 17.3. The summed E-state index contributed by atoms with van der Waals surface area (Å²) >= 11 is 0. The number of benzene rings is 2. The van der Waals surface area contributed by atoms with Crippen molar-refractivity contribution in [1.29, 1.82) is 0 Å². The largest absolute Gasteiger partial charge is 0.516 e.